The molecule has 1 aromatic heterocycles. The van der Waals surface area contributed by atoms with Gasteiger partial charge in [-0.2, -0.15) is 0 Å². The molecule has 1 aromatic rings. The van der Waals surface area contributed by atoms with Crippen molar-refractivity contribution < 1.29 is 9.21 Å². The van der Waals surface area contributed by atoms with Crippen LogP contribution in [0.5, 0.6) is 0 Å². The Hall–Kier alpha value is -1.36. The van der Waals surface area contributed by atoms with Crippen molar-refractivity contribution in [1.29, 1.82) is 0 Å². The number of nitrogens with zero attached hydrogens (tertiary/aromatic N) is 2. The molecule has 1 saturated heterocycles. The minimum absolute atomic E-state index is 0.0345. The quantitative estimate of drug-likeness (QED) is 0.852. The molecular weight excluding hydrogens is 218 g/mol. The molecule has 1 aliphatic rings. The highest BCUT2D eigenvalue weighted by Gasteiger charge is 2.36. The van der Waals surface area contributed by atoms with Crippen molar-refractivity contribution in [2.45, 2.75) is 26.7 Å². The lowest BCUT2D eigenvalue weighted by atomic mass is 9.90. The summed E-state index contributed by atoms with van der Waals surface area (Å²) in [6.45, 7) is 6.13. The van der Waals surface area contributed by atoms with Gasteiger partial charge in [0.1, 0.15) is 5.76 Å². The van der Waals surface area contributed by atoms with E-state index in [9.17, 15) is 4.79 Å². The molecule has 2 rings (SSSR count). The first-order valence-electron chi connectivity index (χ1n) is 6.01. The van der Waals surface area contributed by atoms with Crippen molar-refractivity contribution >= 4 is 5.91 Å². The molecule has 0 bridgehead atoms. The van der Waals surface area contributed by atoms with Crippen LogP contribution in [0.3, 0.4) is 0 Å². The fourth-order valence-electron chi connectivity index (χ4n) is 2.21. The van der Waals surface area contributed by atoms with Crippen LogP contribution in [0.15, 0.2) is 10.8 Å². The molecule has 17 heavy (non-hydrogen) atoms. The zero-order valence-electron chi connectivity index (χ0n) is 10.4. The second-order valence-corrected chi connectivity index (χ2v) is 4.97. The predicted octanol–water partition coefficient (Wildman–Crippen LogP) is 1.05. The van der Waals surface area contributed by atoms with E-state index in [2.05, 4.69) is 11.9 Å². The lowest BCUT2D eigenvalue weighted by molar-refractivity contribution is 0.0769. The molecule has 1 aliphatic heterocycles. The fourth-order valence-corrected chi connectivity index (χ4v) is 2.21. The summed E-state index contributed by atoms with van der Waals surface area (Å²) in [5, 5.41) is 0. The van der Waals surface area contributed by atoms with E-state index in [1.165, 1.54) is 6.39 Å². The molecule has 0 aliphatic carbocycles. The first kappa shape index (κ1) is 12.1. The summed E-state index contributed by atoms with van der Waals surface area (Å²) in [6, 6.07) is 0. The maximum atomic E-state index is 12.3. The molecule has 5 nitrogen and oxygen atoms in total. The van der Waals surface area contributed by atoms with Crippen molar-refractivity contribution in [2.75, 3.05) is 19.6 Å². The molecule has 0 spiro atoms. The third kappa shape index (κ3) is 2.20. The third-order valence-electron chi connectivity index (χ3n) is 3.50. The van der Waals surface area contributed by atoms with Crippen LogP contribution in [-0.2, 0) is 6.42 Å². The summed E-state index contributed by atoms with van der Waals surface area (Å²) in [7, 11) is 0. The van der Waals surface area contributed by atoms with E-state index in [0.29, 0.717) is 31.0 Å². The molecule has 1 fully saturated rings. The average molecular weight is 237 g/mol. The molecule has 1 unspecified atom stereocenters. The van der Waals surface area contributed by atoms with Gasteiger partial charge in [0, 0.05) is 19.5 Å². The molecule has 1 amide bonds. The van der Waals surface area contributed by atoms with E-state index >= 15 is 0 Å². The summed E-state index contributed by atoms with van der Waals surface area (Å²) < 4.78 is 5.19. The average Bonchev–Trinajstić information content (AvgIpc) is 2.95. The van der Waals surface area contributed by atoms with Gasteiger partial charge in [0.2, 0.25) is 0 Å². The number of hydrogen-bond donors (Lipinski definition) is 1. The van der Waals surface area contributed by atoms with Crippen molar-refractivity contribution in [3.05, 3.63) is 17.8 Å². The number of carbonyl (C=O) groups is 1. The Labute approximate surface area is 101 Å². The monoisotopic (exact) mass is 237 g/mol. The summed E-state index contributed by atoms with van der Waals surface area (Å²) >= 11 is 0. The van der Waals surface area contributed by atoms with Gasteiger partial charge >= 0.3 is 0 Å². The van der Waals surface area contributed by atoms with Crippen LogP contribution in [0.1, 0.15) is 36.5 Å². The number of amides is 1. The number of aromatic nitrogens is 1. The molecule has 94 valence electrons. The topological polar surface area (TPSA) is 72.4 Å². The summed E-state index contributed by atoms with van der Waals surface area (Å²) in [5.41, 5.74) is 6.23. The second kappa shape index (κ2) is 4.49. The lowest BCUT2D eigenvalue weighted by Gasteiger charge is -2.22. The second-order valence-electron chi connectivity index (χ2n) is 4.97. The van der Waals surface area contributed by atoms with Gasteiger partial charge in [0.05, 0.1) is 0 Å². The number of nitrogens with two attached hydrogens (primary N) is 1. The highest BCUT2D eigenvalue weighted by atomic mass is 16.3. The van der Waals surface area contributed by atoms with E-state index in [1.807, 2.05) is 11.8 Å². The van der Waals surface area contributed by atoms with Crippen LogP contribution in [0.4, 0.5) is 0 Å². The first-order chi connectivity index (χ1) is 8.09. The van der Waals surface area contributed by atoms with Crippen molar-refractivity contribution in [2.24, 2.45) is 11.1 Å². The van der Waals surface area contributed by atoms with E-state index in [4.69, 9.17) is 10.2 Å². The maximum absolute atomic E-state index is 12.3. The number of carbonyl (C=O) groups excluding carboxylic acids is 1. The SMILES string of the molecule is CCc1ocnc1C(=O)N1CCC(C)(CN)C1. The number of oxazole rings is 1. The smallest absolute Gasteiger partial charge is 0.276 e. The van der Waals surface area contributed by atoms with Gasteiger partial charge in [0.25, 0.3) is 5.91 Å². The highest BCUT2D eigenvalue weighted by molar-refractivity contribution is 5.93. The molecule has 2 N–H and O–H groups in total. The van der Waals surface area contributed by atoms with Crippen LogP contribution in [0.25, 0.3) is 0 Å². The Kier molecular flexibility index (Phi) is 3.19. The molecule has 0 aromatic carbocycles. The fraction of sp³-hybridized carbons (Fsp3) is 0.667. The van der Waals surface area contributed by atoms with Crippen molar-refractivity contribution in [3.8, 4) is 0 Å². The van der Waals surface area contributed by atoms with E-state index in [0.717, 1.165) is 13.0 Å². The van der Waals surface area contributed by atoms with Crippen LogP contribution in [-0.4, -0.2) is 35.4 Å². The van der Waals surface area contributed by atoms with E-state index < -0.39 is 0 Å². The van der Waals surface area contributed by atoms with Crippen molar-refractivity contribution in [3.63, 3.8) is 0 Å². The summed E-state index contributed by atoms with van der Waals surface area (Å²) in [5.74, 6) is 0.629. The van der Waals surface area contributed by atoms with Crippen molar-refractivity contribution in [1.82, 2.24) is 9.88 Å². The van der Waals surface area contributed by atoms with Gasteiger partial charge in [-0.15, -0.1) is 0 Å². The molecule has 0 radical (unpaired) electrons. The van der Waals surface area contributed by atoms with Gasteiger partial charge < -0.3 is 15.1 Å². The minimum Gasteiger partial charge on any atom is -0.448 e. The molecule has 0 saturated carbocycles. The summed E-state index contributed by atoms with van der Waals surface area (Å²) in [4.78, 5) is 18.1. The zero-order valence-corrected chi connectivity index (χ0v) is 10.4. The number of rotatable bonds is 3. The van der Waals surface area contributed by atoms with Gasteiger partial charge in [-0.25, -0.2) is 4.98 Å². The Morgan fingerprint density at radius 1 is 1.71 bits per heavy atom. The minimum atomic E-state index is -0.0345. The van der Waals surface area contributed by atoms with E-state index in [-0.39, 0.29) is 11.3 Å². The predicted molar refractivity (Wildman–Crippen MR) is 63.6 cm³/mol. The first-order valence-corrected chi connectivity index (χ1v) is 6.01. The summed E-state index contributed by atoms with van der Waals surface area (Å²) in [6.07, 6.45) is 2.97. The van der Waals surface area contributed by atoms with E-state index in [1.54, 1.807) is 0 Å². The third-order valence-corrected chi connectivity index (χ3v) is 3.50. The molecule has 2 heterocycles. The standard InChI is InChI=1S/C12H19N3O2/c1-3-9-10(14-8-17-9)11(16)15-5-4-12(2,6-13)7-15/h8H,3-7,13H2,1-2H3. The molecule has 1 atom stereocenters. The van der Waals surface area contributed by atoms with Crippen LogP contribution >= 0.6 is 0 Å². The Morgan fingerprint density at radius 2 is 2.47 bits per heavy atom. The number of hydrogen-bond acceptors (Lipinski definition) is 4. The largest absolute Gasteiger partial charge is 0.448 e. The number of aryl methyl sites for hydroxylation is 1. The van der Waals surface area contributed by atoms with Crippen LogP contribution in [0, 0.1) is 5.41 Å². The Balaban J connectivity index is 2.12. The number of likely N-dealkylation sites (tertiary alicyclic amines) is 1. The highest BCUT2D eigenvalue weighted by Crippen LogP contribution is 2.29. The van der Waals surface area contributed by atoms with Gasteiger partial charge in [-0.3, -0.25) is 4.79 Å². The maximum Gasteiger partial charge on any atom is 0.276 e. The Morgan fingerprint density at radius 3 is 3.06 bits per heavy atom. The van der Waals surface area contributed by atoms with Crippen LogP contribution < -0.4 is 5.73 Å². The lowest BCUT2D eigenvalue weighted by Crippen LogP contribution is -2.35. The molecular formula is C12H19N3O2. The van der Waals surface area contributed by atoms with Crippen LogP contribution in [0.2, 0.25) is 0 Å². The van der Waals surface area contributed by atoms with Gasteiger partial charge in [0.15, 0.2) is 12.1 Å². The van der Waals surface area contributed by atoms with Gasteiger partial charge in [-0.05, 0) is 18.4 Å². The molecule has 5 heteroatoms. The van der Waals surface area contributed by atoms with Gasteiger partial charge in [-0.1, -0.05) is 13.8 Å². The normalized spacial score (nSPS) is 24.3. The Bertz CT molecular complexity index is 416. The zero-order chi connectivity index (χ0) is 12.5.